The van der Waals surface area contributed by atoms with E-state index in [4.69, 9.17) is 9.88 Å². The van der Waals surface area contributed by atoms with Gasteiger partial charge < -0.3 is 9.64 Å². The standard InChI is InChI=1S/C14H20N2O4S/c1-3-10-6-7-16(9-10)14(17)11-4-5-12(20-2)13(8-11)21(15,18)19/h4-5,8,10H,3,6-7,9H2,1-2H3,(H2,15,18,19). The average molecular weight is 312 g/mol. The van der Waals surface area contributed by atoms with Gasteiger partial charge in [-0.15, -0.1) is 0 Å². The first-order chi connectivity index (χ1) is 9.86. The van der Waals surface area contributed by atoms with E-state index in [1.807, 2.05) is 0 Å². The molecule has 2 N–H and O–H groups in total. The monoisotopic (exact) mass is 312 g/mol. The summed E-state index contributed by atoms with van der Waals surface area (Å²) in [6.07, 6.45) is 2.02. The Bertz CT molecular complexity index is 642. The molecular weight excluding hydrogens is 292 g/mol. The van der Waals surface area contributed by atoms with E-state index in [0.717, 1.165) is 12.8 Å². The molecule has 0 aliphatic carbocycles. The highest BCUT2D eigenvalue weighted by Gasteiger charge is 2.27. The second-order valence-corrected chi connectivity index (χ2v) is 6.75. The van der Waals surface area contributed by atoms with Crippen molar-refractivity contribution in [1.29, 1.82) is 0 Å². The minimum absolute atomic E-state index is 0.141. The van der Waals surface area contributed by atoms with Crippen molar-refractivity contribution < 1.29 is 17.9 Å². The van der Waals surface area contributed by atoms with E-state index in [1.165, 1.54) is 19.2 Å². The summed E-state index contributed by atoms with van der Waals surface area (Å²) in [6.45, 7) is 3.52. The number of carbonyl (C=O) groups is 1. The first kappa shape index (κ1) is 15.8. The average Bonchev–Trinajstić information content (AvgIpc) is 2.93. The fraction of sp³-hybridized carbons (Fsp3) is 0.500. The quantitative estimate of drug-likeness (QED) is 0.905. The summed E-state index contributed by atoms with van der Waals surface area (Å²) in [5.41, 5.74) is 0.316. The van der Waals surface area contributed by atoms with Gasteiger partial charge in [-0.25, -0.2) is 13.6 Å². The molecule has 1 amide bonds. The summed E-state index contributed by atoms with van der Waals surface area (Å²) in [5, 5.41) is 5.17. The molecule has 0 saturated carbocycles. The van der Waals surface area contributed by atoms with Crippen LogP contribution in [0.3, 0.4) is 0 Å². The molecule has 7 heteroatoms. The molecule has 1 heterocycles. The lowest BCUT2D eigenvalue weighted by Gasteiger charge is -2.17. The van der Waals surface area contributed by atoms with E-state index in [0.29, 0.717) is 24.6 Å². The van der Waals surface area contributed by atoms with Crippen LogP contribution in [-0.4, -0.2) is 39.4 Å². The lowest BCUT2D eigenvalue weighted by atomic mass is 10.1. The number of likely N-dealkylation sites (tertiary alicyclic amines) is 1. The van der Waals surface area contributed by atoms with Gasteiger partial charge in [-0.2, -0.15) is 0 Å². The number of amides is 1. The molecule has 1 unspecified atom stereocenters. The van der Waals surface area contributed by atoms with E-state index in [-0.39, 0.29) is 16.6 Å². The topological polar surface area (TPSA) is 89.7 Å². The molecule has 0 radical (unpaired) electrons. The number of hydrogen-bond acceptors (Lipinski definition) is 4. The zero-order valence-electron chi connectivity index (χ0n) is 12.2. The Labute approximate surface area is 124 Å². The van der Waals surface area contributed by atoms with Crippen LogP contribution in [0.4, 0.5) is 0 Å². The Morgan fingerprint density at radius 1 is 1.48 bits per heavy atom. The van der Waals surface area contributed by atoms with Crippen molar-refractivity contribution in [3.63, 3.8) is 0 Å². The lowest BCUT2D eigenvalue weighted by Crippen LogP contribution is -2.29. The van der Waals surface area contributed by atoms with Gasteiger partial charge in [0.25, 0.3) is 5.91 Å². The van der Waals surface area contributed by atoms with Crippen LogP contribution in [0.25, 0.3) is 0 Å². The summed E-state index contributed by atoms with van der Waals surface area (Å²) in [4.78, 5) is 14.0. The van der Waals surface area contributed by atoms with Gasteiger partial charge >= 0.3 is 0 Å². The van der Waals surface area contributed by atoms with E-state index in [9.17, 15) is 13.2 Å². The summed E-state index contributed by atoms with van der Waals surface area (Å²) in [6, 6.07) is 4.31. The minimum Gasteiger partial charge on any atom is -0.495 e. The second-order valence-electron chi connectivity index (χ2n) is 5.22. The molecule has 1 aliphatic rings. The van der Waals surface area contributed by atoms with E-state index >= 15 is 0 Å². The molecule has 1 aromatic rings. The molecule has 2 rings (SSSR count). The Hall–Kier alpha value is -1.60. The van der Waals surface area contributed by atoms with Crippen molar-refractivity contribution in [2.24, 2.45) is 11.1 Å². The van der Waals surface area contributed by atoms with Crippen LogP contribution >= 0.6 is 0 Å². The number of primary sulfonamides is 1. The predicted molar refractivity (Wildman–Crippen MR) is 78.7 cm³/mol. The molecule has 6 nitrogen and oxygen atoms in total. The first-order valence-electron chi connectivity index (χ1n) is 6.87. The smallest absolute Gasteiger partial charge is 0.253 e. The number of nitrogens with two attached hydrogens (primary N) is 1. The number of methoxy groups -OCH3 is 1. The van der Waals surface area contributed by atoms with Gasteiger partial charge in [0.15, 0.2) is 0 Å². The van der Waals surface area contributed by atoms with Crippen molar-refractivity contribution in [3.8, 4) is 5.75 Å². The second kappa shape index (κ2) is 6.03. The van der Waals surface area contributed by atoms with Gasteiger partial charge in [0.1, 0.15) is 10.6 Å². The predicted octanol–water partition coefficient (Wildman–Crippen LogP) is 1.21. The Morgan fingerprint density at radius 2 is 2.19 bits per heavy atom. The zero-order chi connectivity index (χ0) is 15.6. The van der Waals surface area contributed by atoms with Gasteiger partial charge in [0, 0.05) is 18.7 Å². The molecule has 0 aromatic heterocycles. The zero-order valence-corrected chi connectivity index (χ0v) is 13.0. The van der Waals surface area contributed by atoms with Crippen molar-refractivity contribution >= 4 is 15.9 Å². The van der Waals surface area contributed by atoms with Crippen molar-refractivity contribution in [3.05, 3.63) is 23.8 Å². The number of benzene rings is 1. The normalized spacial score (nSPS) is 18.8. The molecule has 1 aliphatic heterocycles. The van der Waals surface area contributed by atoms with Gasteiger partial charge in [-0.1, -0.05) is 13.3 Å². The van der Waals surface area contributed by atoms with Crippen LogP contribution in [0.15, 0.2) is 23.1 Å². The number of nitrogens with zero attached hydrogens (tertiary/aromatic N) is 1. The number of carbonyl (C=O) groups excluding carboxylic acids is 1. The number of hydrogen-bond donors (Lipinski definition) is 1. The molecule has 0 spiro atoms. The lowest BCUT2D eigenvalue weighted by molar-refractivity contribution is 0.0786. The number of rotatable bonds is 4. The molecule has 0 bridgehead atoms. The van der Waals surface area contributed by atoms with Crippen LogP contribution in [-0.2, 0) is 10.0 Å². The summed E-state index contributed by atoms with van der Waals surface area (Å²) in [7, 11) is -2.58. The third kappa shape index (κ3) is 3.36. The van der Waals surface area contributed by atoms with Crippen molar-refractivity contribution in [2.75, 3.05) is 20.2 Å². The van der Waals surface area contributed by atoms with Crippen LogP contribution in [0.5, 0.6) is 5.75 Å². The molecule has 21 heavy (non-hydrogen) atoms. The fourth-order valence-corrected chi connectivity index (χ4v) is 3.29. The van der Waals surface area contributed by atoms with Crippen LogP contribution in [0.2, 0.25) is 0 Å². The number of ether oxygens (including phenoxy) is 1. The van der Waals surface area contributed by atoms with E-state index in [2.05, 4.69) is 6.92 Å². The fourth-order valence-electron chi connectivity index (χ4n) is 2.56. The van der Waals surface area contributed by atoms with Crippen molar-refractivity contribution in [1.82, 2.24) is 4.90 Å². The molecular formula is C14H20N2O4S. The SMILES string of the molecule is CCC1CCN(C(=O)c2ccc(OC)c(S(N)(=O)=O)c2)C1. The third-order valence-electron chi connectivity index (χ3n) is 3.87. The summed E-state index contributed by atoms with van der Waals surface area (Å²) < 4.78 is 28.1. The maximum absolute atomic E-state index is 12.4. The highest BCUT2D eigenvalue weighted by molar-refractivity contribution is 7.89. The van der Waals surface area contributed by atoms with Gasteiger partial charge in [-0.05, 0) is 30.5 Å². The molecule has 1 aromatic carbocycles. The largest absolute Gasteiger partial charge is 0.495 e. The van der Waals surface area contributed by atoms with Gasteiger partial charge in [0.2, 0.25) is 10.0 Å². The maximum Gasteiger partial charge on any atom is 0.253 e. The summed E-state index contributed by atoms with van der Waals surface area (Å²) >= 11 is 0. The Morgan fingerprint density at radius 3 is 2.71 bits per heavy atom. The Kier molecular flexibility index (Phi) is 4.53. The molecule has 1 fully saturated rings. The highest BCUT2D eigenvalue weighted by Crippen LogP contribution is 2.26. The molecule has 116 valence electrons. The van der Waals surface area contributed by atoms with Gasteiger partial charge in [0.05, 0.1) is 7.11 Å². The number of sulfonamides is 1. The van der Waals surface area contributed by atoms with E-state index in [1.54, 1.807) is 11.0 Å². The first-order valence-corrected chi connectivity index (χ1v) is 8.41. The summed E-state index contributed by atoms with van der Waals surface area (Å²) in [5.74, 6) is 0.491. The Balaban J connectivity index is 2.31. The van der Waals surface area contributed by atoms with Gasteiger partial charge in [-0.3, -0.25) is 4.79 Å². The highest BCUT2D eigenvalue weighted by atomic mass is 32.2. The third-order valence-corrected chi connectivity index (χ3v) is 4.80. The van der Waals surface area contributed by atoms with Crippen molar-refractivity contribution in [2.45, 2.75) is 24.7 Å². The molecule has 1 atom stereocenters. The molecule has 1 saturated heterocycles. The maximum atomic E-state index is 12.4. The van der Waals surface area contributed by atoms with E-state index < -0.39 is 10.0 Å². The minimum atomic E-state index is -3.94. The van der Waals surface area contributed by atoms with Crippen LogP contribution in [0.1, 0.15) is 30.1 Å². The van der Waals surface area contributed by atoms with Crippen LogP contribution in [0, 0.1) is 5.92 Å². The van der Waals surface area contributed by atoms with Crippen LogP contribution < -0.4 is 9.88 Å².